The summed E-state index contributed by atoms with van der Waals surface area (Å²) in [4.78, 5) is 24.4. The molecule has 0 spiro atoms. The molecule has 2 N–H and O–H groups in total. The number of para-hydroxylation sites is 2. The number of ether oxygens (including phenoxy) is 1. The fourth-order valence-electron chi connectivity index (χ4n) is 2.53. The minimum absolute atomic E-state index is 0.0666. The standard InChI is InChI=1S/C16H13F3N4O3/c1-9-7-22(15(25)13-10(14(20)24)6-21-23(9)13)11-4-2-3-5-12(11)26-8-16(17,18)19/h2-7H,8H2,1H3,(H2,20,24). The van der Waals surface area contributed by atoms with Crippen molar-refractivity contribution in [1.29, 1.82) is 0 Å². The van der Waals surface area contributed by atoms with E-state index in [0.717, 1.165) is 4.57 Å². The Morgan fingerprint density at radius 3 is 2.65 bits per heavy atom. The maximum atomic E-state index is 12.8. The predicted octanol–water partition coefficient (Wildman–Crippen LogP) is 1.83. The molecule has 0 saturated carbocycles. The smallest absolute Gasteiger partial charge is 0.422 e. The maximum absolute atomic E-state index is 12.8. The lowest BCUT2D eigenvalue weighted by Crippen LogP contribution is -2.25. The van der Waals surface area contributed by atoms with E-state index in [1.54, 1.807) is 13.0 Å². The van der Waals surface area contributed by atoms with Gasteiger partial charge in [-0.2, -0.15) is 18.3 Å². The van der Waals surface area contributed by atoms with Crippen LogP contribution in [0.4, 0.5) is 13.2 Å². The number of fused-ring (bicyclic) bond motifs is 1. The van der Waals surface area contributed by atoms with Crippen molar-refractivity contribution in [3.8, 4) is 11.4 Å². The van der Waals surface area contributed by atoms with Crippen molar-refractivity contribution >= 4 is 11.4 Å². The number of nitrogens with two attached hydrogens (primary N) is 1. The van der Waals surface area contributed by atoms with Crippen molar-refractivity contribution < 1.29 is 22.7 Å². The summed E-state index contributed by atoms with van der Waals surface area (Å²) in [6, 6.07) is 5.79. The average Bonchev–Trinajstić information content (AvgIpc) is 3.02. The average molecular weight is 366 g/mol. The van der Waals surface area contributed by atoms with Gasteiger partial charge in [0, 0.05) is 6.20 Å². The van der Waals surface area contributed by atoms with Crippen LogP contribution in [0.1, 0.15) is 16.1 Å². The van der Waals surface area contributed by atoms with E-state index in [9.17, 15) is 22.8 Å². The van der Waals surface area contributed by atoms with Crippen molar-refractivity contribution in [1.82, 2.24) is 14.2 Å². The number of aryl methyl sites for hydroxylation is 1. The molecule has 26 heavy (non-hydrogen) atoms. The Morgan fingerprint density at radius 1 is 1.31 bits per heavy atom. The summed E-state index contributed by atoms with van der Waals surface area (Å²) in [7, 11) is 0. The van der Waals surface area contributed by atoms with E-state index in [0.29, 0.717) is 5.69 Å². The van der Waals surface area contributed by atoms with Crippen molar-refractivity contribution in [2.45, 2.75) is 13.1 Å². The monoisotopic (exact) mass is 366 g/mol. The Balaban J connectivity index is 2.21. The summed E-state index contributed by atoms with van der Waals surface area (Å²) >= 11 is 0. The van der Waals surface area contributed by atoms with Gasteiger partial charge in [-0.1, -0.05) is 12.1 Å². The predicted molar refractivity (Wildman–Crippen MR) is 85.6 cm³/mol. The lowest BCUT2D eigenvalue weighted by atomic mass is 10.2. The van der Waals surface area contributed by atoms with Crippen LogP contribution in [0.15, 0.2) is 41.5 Å². The highest BCUT2D eigenvalue weighted by Gasteiger charge is 2.29. The van der Waals surface area contributed by atoms with Gasteiger partial charge in [-0.3, -0.25) is 14.2 Å². The number of hydrogen-bond acceptors (Lipinski definition) is 4. The Morgan fingerprint density at radius 2 is 2.00 bits per heavy atom. The van der Waals surface area contributed by atoms with E-state index in [4.69, 9.17) is 10.5 Å². The zero-order chi connectivity index (χ0) is 19.1. The number of alkyl halides is 3. The first-order chi connectivity index (χ1) is 12.2. The quantitative estimate of drug-likeness (QED) is 0.763. The molecular formula is C16H13F3N4O3. The van der Waals surface area contributed by atoms with Gasteiger partial charge in [0.2, 0.25) is 0 Å². The van der Waals surface area contributed by atoms with Crippen LogP contribution in [-0.2, 0) is 0 Å². The Kier molecular flexibility index (Phi) is 4.18. The molecule has 0 aliphatic heterocycles. The first kappa shape index (κ1) is 17.5. The fourth-order valence-corrected chi connectivity index (χ4v) is 2.53. The molecule has 7 nitrogen and oxygen atoms in total. The summed E-state index contributed by atoms with van der Waals surface area (Å²) in [5.74, 6) is -0.966. The van der Waals surface area contributed by atoms with Gasteiger partial charge in [0.15, 0.2) is 6.61 Å². The van der Waals surface area contributed by atoms with Crippen LogP contribution >= 0.6 is 0 Å². The number of halogens is 3. The van der Waals surface area contributed by atoms with Crippen LogP contribution in [0.3, 0.4) is 0 Å². The van der Waals surface area contributed by atoms with Gasteiger partial charge in [0.1, 0.15) is 11.3 Å². The molecule has 0 bridgehead atoms. The number of hydrogen-bond donors (Lipinski definition) is 1. The third-order valence-corrected chi connectivity index (χ3v) is 3.62. The second-order valence-corrected chi connectivity index (χ2v) is 5.50. The van der Waals surface area contributed by atoms with Crippen LogP contribution in [-0.4, -0.2) is 32.9 Å². The van der Waals surface area contributed by atoms with Gasteiger partial charge in [-0.05, 0) is 19.1 Å². The Labute approximate surface area is 144 Å². The second kappa shape index (κ2) is 6.21. The van der Waals surface area contributed by atoms with Crippen LogP contribution in [0.2, 0.25) is 0 Å². The van der Waals surface area contributed by atoms with Crippen LogP contribution in [0.5, 0.6) is 5.75 Å². The summed E-state index contributed by atoms with van der Waals surface area (Å²) in [6.07, 6.45) is -1.96. The van der Waals surface area contributed by atoms with E-state index >= 15 is 0 Å². The Hall–Kier alpha value is -3.30. The highest BCUT2D eigenvalue weighted by molar-refractivity contribution is 5.99. The minimum Gasteiger partial charge on any atom is -0.482 e. The third-order valence-electron chi connectivity index (χ3n) is 3.62. The minimum atomic E-state index is -4.53. The molecule has 2 aromatic heterocycles. The lowest BCUT2D eigenvalue weighted by Gasteiger charge is -2.15. The van der Waals surface area contributed by atoms with Crippen LogP contribution < -0.4 is 16.0 Å². The molecule has 2 heterocycles. The number of aromatic nitrogens is 3. The summed E-state index contributed by atoms with van der Waals surface area (Å²) in [5, 5.41) is 3.95. The largest absolute Gasteiger partial charge is 0.482 e. The molecule has 1 amide bonds. The van der Waals surface area contributed by atoms with E-state index < -0.39 is 24.2 Å². The van der Waals surface area contributed by atoms with Crippen LogP contribution in [0.25, 0.3) is 11.2 Å². The topological polar surface area (TPSA) is 91.6 Å². The molecule has 0 aliphatic rings. The lowest BCUT2D eigenvalue weighted by molar-refractivity contribution is -0.153. The van der Waals surface area contributed by atoms with Gasteiger partial charge < -0.3 is 10.5 Å². The summed E-state index contributed by atoms with van der Waals surface area (Å²) < 4.78 is 44.6. The number of amides is 1. The van der Waals surface area contributed by atoms with Crippen molar-refractivity contribution in [2.75, 3.05) is 6.61 Å². The molecule has 10 heteroatoms. The summed E-state index contributed by atoms with van der Waals surface area (Å²) in [5.41, 5.74) is 5.03. The molecule has 3 aromatic rings. The van der Waals surface area contributed by atoms with E-state index in [1.165, 1.54) is 35.1 Å². The van der Waals surface area contributed by atoms with E-state index in [2.05, 4.69) is 5.10 Å². The number of primary amides is 1. The van der Waals surface area contributed by atoms with Gasteiger partial charge in [-0.15, -0.1) is 0 Å². The zero-order valence-electron chi connectivity index (χ0n) is 13.4. The van der Waals surface area contributed by atoms with Crippen molar-refractivity contribution in [3.63, 3.8) is 0 Å². The number of nitrogens with zero attached hydrogens (tertiary/aromatic N) is 3. The molecule has 136 valence electrons. The van der Waals surface area contributed by atoms with Gasteiger partial charge in [0.25, 0.3) is 11.5 Å². The highest BCUT2D eigenvalue weighted by Crippen LogP contribution is 2.25. The maximum Gasteiger partial charge on any atom is 0.422 e. The Bertz CT molecular complexity index is 1050. The van der Waals surface area contributed by atoms with E-state index in [-0.39, 0.29) is 22.5 Å². The molecule has 0 aliphatic carbocycles. The molecule has 0 unspecified atom stereocenters. The van der Waals surface area contributed by atoms with Gasteiger partial charge in [-0.25, -0.2) is 4.52 Å². The highest BCUT2D eigenvalue weighted by atomic mass is 19.4. The number of rotatable bonds is 4. The molecular weight excluding hydrogens is 353 g/mol. The third kappa shape index (κ3) is 3.13. The fraction of sp³-hybridized carbons (Fsp3) is 0.188. The molecule has 1 aromatic carbocycles. The molecule has 0 saturated heterocycles. The number of carbonyl (C=O) groups is 1. The van der Waals surface area contributed by atoms with E-state index in [1.807, 2.05) is 0 Å². The van der Waals surface area contributed by atoms with Crippen LogP contribution in [0, 0.1) is 6.92 Å². The number of benzene rings is 1. The SMILES string of the molecule is Cc1cn(-c2ccccc2OCC(F)(F)F)c(=O)c2c(C(N)=O)cnn12. The number of carbonyl (C=O) groups excluding carboxylic acids is 1. The summed E-state index contributed by atoms with van der Waals surface area (Å²) in [6.45, 7) is 0.124. The van der Waals surface area contributed by atoms with Crippen molar-refractivity contribution in [3.05, 3.63) is 58.3 Å². The first-order valence-corrected chi connectivity index (χ1v) is 7.38. The second-order valence-electron chi connectivity index (χ2n) is 5.50. The molecule has 3 rings (SSSR count). The van der Waals surface area contributed by atoms with Crippen molar-refractivity contribution in [2.24, 2.45) is 5.73 Å². The zero-order valence-corrected chi connectivity index (χ0v) is 13.4. The van der Waals surface area contributed by atoms with Gasteiger partial charge in [0.05, 0.1) is 23.1 Å². The first-order valence-electron chi connectivity index (χ1n) is 7.38. The van der Waals surface area contributed by atoms with Gasteiger partial charge >= 0.3 is 6.18 Å². The molecule has 0 radical (unpaired) electrons. The normalized spacial score (nSPS) is 11.7. The molecule has 0 fully saturated rings. The molecule has 0 atom stereocenters.